The van der Waals surface area contributed by atoms with E-state index < -0.39 is 18.0 Å². The zero-order valence-electron chi connectivity index (χ0n) is 6.36. The summed E-state index contributed by atoms with van der Waals surface area (Å²) in [4.78, 5) is 19.9. The Morgan fingerprint density at radius 2 is 1.75 bits per heavy atom. The predicted molar refractivity (Wildman–Crippen MR) is 32.5 cm³/mol. The molecule has 7 heteroatoms. The van der Waals surface area contributed by atoms with Crippen molar-refractivity contribution >= 4 is 11.9 Å². The van der Waals surface area contributed by atoms with Crippen LogP contribution in [0.1, 0.15) is 12.8 Å². The van der Waals surface area contributed by atoms with Gasteiger partial charge in [-0.15, -0.1) is 0 Å². The fraction of sp³-hybridized carbons (Fsp3) is 0.600. The van der Waals surface area contributed by atoms with Crippen LogP contribution in [0.15, 0.2) is 0 Å². The Bertz CT molecular complexity index is 154. The molecule has 0 amide bonds. The van der Waals surface area contributed by atoms with Crippen LogP contribution in [-0.4, -0.2) is 28.2 Å². The molecule has 0 saturated heterocycles. The molecule has 12 heavy (non-hydrogen) atoms. The van der Waals surface area contributed by atoms with Gasteiger partial charge in [0.25, 0.3) is 0 Å². The number of rotatable bonds is 4. The van der Waals surface area contributed by atoms with E-state index in [2.05, 4.69) is 0 Å². The second-order valence-electron chi connectivity index (χ2n) is 1.88. The largest absolute Gasteiger partial charge is 2.00 e. The van der Waals surface area contributed by atoms with Crippen molar-refractivity contribution in [2.24, 2.45) is 5.73 Å². The van der Waals surface area contributed by atoms with Crippen molar-refractivity contribution < 1.29 is 63.3 Å². The maximum Gasteiger partial charge on any atom is 2.00 e. The number of hydrogen-bond donors (Lipinski definition) is 3. The Kier molecular flexibility index (Phi) is 14.1. The summed E-state index contributed by atoms with van der Waals surface area (Å²) in [6.07, 6.45) is -0.224. The molecule has 0 aliphatic rings. The maximum absolute atomic E-state index is 9.99. The fourth-order valence-electron chi connectivity index (χ4n) is 0.402. The van der Waals surface area contributed by atoms with Gasteiger partial charge in [-0.3, -0.25) is 9.59 Å². The minimum absolute atomic E-state index is 0. The second-order valence-corrected chi connectivity index (χ2v) is 1.88. The summed E-state index contributed by atoms with van der Waals surface area (Å²) < 4.78 is 0. The van der Waals surface area contributed by atoms with Crippen molar-refractivity contribution in [2.75, 3.05) is 0 Å². The predicted octanol–water partition coefficient (Wildman–Crippen LogP) is -3.74. The molecule has 0 aliphatic carbocycles. The summed E-state index contributed by atoms with van der Waals surface area (Å²) in [5.41, 5.74) is 5.00. The standard InChI is InChI=1S/C5H9NO4.HI.Zn/c6-3(5(9)10)1-2-4(7)8;;/h3H,1-2,6H2,(H,7,8)(H,9,10);1H;/q;;+2/p-1/t3-;;/m0../s1. The number of halogens is 1. The first-order valence-corrected chi connectivity index (χ1v) is 2.74. The van der Waals surface area contributed by atoms with Gasteiger partial charge in [0.15, 0.2) is 0 Å². The Labute approximate surface area is 99.5 Å². The van der Waals surface area contributed by atoms with Crippen LogP contribution in [0.2, 0.25) is 0 Å². The van der Waals surface area contributed by atoms with Crippen molar-refractivity contribution in [2.45, 2.75) is 18.9 Å². The number of hydrogen-bond acceptors (Lipinski definition) is 3. The molecule has 0 saturated carbocycles. The number of carbonyl (C=O) groups is 2. The maximum atomic E-state index is 9.99. The van der Waals surface area contributed by atoms with Gasteiger partial charge in [-0.1, -0.05) is 0 Å². The first-order valence-electron chi connectivity index (χ1n) is 2.74. The summed E-state index contributed by atoms with van der Waals surface area (Å²) >= 11 is 0. The molecular weight excluding hydrogens is 330 g/mol. The quantitative estimate of drug-likeness (QED) is 0.361. The minimum atomic E-state index is -1.17. The summed E-state index contributed by atoms with van der Waals surface area (Å²) in [6, 6.07) is -1.06. The zero-order chi connectivity index (χ0) is 8.15. The number of carboxylic acid groups (broad SMARTS) is 2. The van der Waals surface area contributed by atoms with Gasteiger partial charge in [0.1, 0.15) is 6.04 Å². The van der Waals surface area contributed by atoms with Gasteiger partial charge in [-0.05, 0) is 6.42 Å². The summed E-state index contributed by atoms with van der Waals surface area (Å²) in [7, 11) is 0. The molecule has 5 nitrogen and oxygen atoms in total. The van der Waals surface area contributed by atoms with Crippen LogP contribution in [0.4, 0.5) is 0 Å². The third-order valence-corrected chi connectivity index (χ3v) is 0.986. The van der Waals surface area contributed by atoms with E-state index in [4.69, 9.17) is 15.9 Å². The van der Waals surface area contributed by atoms with Gasteiger partial charge < -0.3 is 39.9 Å². The van der Waals surface area contributed by atoms with Crippen LogP contribution in [0.3, 0.4) is 0 Å². The van der Waals surface area contributed by atoms with E-state index in [1.54, 1.807) is 0 Å². The second kappa shape index (κ2) is 9.34. The molecular formula is C5H9INO4Zn+. The van der Waals surface area contributed by atoms with Gasteiger partial charge in [-0.2, -0.15) is 0 Å². The van der Waals surface area contributed by atoms with Crippen molar-refractivity contribution in [1.82, 2.24) is 0 Å². The molecule has 0 heterocycles. The molecule has 0 spiro atoms. The minimum Gasteiger partial charge on any atom is -1.00 e. The number of nitrogens with two attached hydrogens (primary N) is 1. The molecule has 1 atom stereocenters. The van der Waals surface area contributed by atoms with E-state index in [0.717, 1.165) is 0 Å². The smallest absolute Gasteiger partial charge is 1.00 e. The van der Waals surface area contributed by atoms with E-state index in [9.17, 15) is 9.59 Å². The van der Waals surface area contributed by atoms with Crippen molar-refractivity contribution in [3.05, 3.63) is 0 Å². The zero-order valence-corrected chi connectivity index (χ0v) is 11.5. The Balaban J connectivity index is -0.000000405. The molecule has 0 fully saturated rings. The van der Waals surface area contributed by atoms with E-state index in [0.29, 0.717) is 0 Å². The van der Waals surface area contributed by atoms with Gasteiger partial charge in [0, 0.05) is 6.42 Å². The van der Waals surface area contributed by atoms with Gasteiger partial charge in [0.2, 0.25) is 0 Å². The molecule has 0 bridgehead atoms. The van der Waals surface area contributed by atoms with Gasteiger partial charge >= 0.3 is 31.4 Å². The molecule has 0 rings (SSSR count). The molecule has 0 radical (unpaired) electrons. The van der Waals surface area contributed by atoms with E-state index in [-0.39, 0.29) is 56.3 Å². The van der Waals surface area contributed by atoms with E-state index in [1.807, 2.05) is 0 Å². The summed E-state index contributed by atoms with van der Waals surface area (Å²) in [5, 5.41) is 16.3. The number of aliphatic carboxylic acids is 2. The van der Waals surface area contributed by atoms with Crippen LogP contribution < -0.4 is 29.7 Å². The van der Waals surface area contributed by atoms with Crippen LogP contribution in [0.5, 0.6) is 0 Å². The Morgan fingerprint density at radius 3 is 2.00 bits per heavy atom. The van der Waals surface area contributed by atoms with Crippen molar-refractivity contribution in [3.63, 3.8) is 0 Å². The van der Waals surface area contributed by atoms with Gasteiger partial charge in [-0.25, -0.2) is 0 Å². The van der Waals surface area contributed by atoms with Crippen LogP contribution in [-0.2, 0) is 29.1 Å². The van der Waals surface area contributed by atoms with Crippen molar-refractivity contribution in [1.29, 1.82) is 0 Å². The topological polar surface area (TPSA) is 101 Å². The molecule has 0 aliphatic heterocycles. The van der Waals surface area contributed by atoms with Gasteiger partial charge in [0.05, 0.1) is 0 Å². The number of carboxylic acids is 2. The average Bonchev–Trinajstić information content (AvgIpc) is 1.82. The normalized spacial score (nSPS) is 10.4. The van der Waals surface area contributed by atoms with Crippen LogP contribution in [0.25, 0.3) is 0 Å². The molecule has 0 aromatic rings. The third-order valence-electron chi connectivity index (χ3n) is 0.986. The molecule has 4 N–H and O–H groups in total. The Hall–Kier alpha value is 0.253. The SMILES string of the molecule is N[C@@H](CCC(=O)O)C(=O)O.[I-].[Zn+2]. The van der Waals surface area contributed by atoms with Crippen LogP contribution >= 0.6 is 0 Å². The first-order chi connectivity index (χ1) is 4.54. The van der Waals surface area contributed by atoms with E-state index >= 15 is 0 Å². The summed E-state index contributed by atoms with van der Waals surface area (Å²) in [5.74, 6) is -2.20. The fourth-order valence-corrected chi connectivity index (χ4v) is 0.402. The average molecular weight is 339 g/mol. The van der Waals surface area contributed by atoms with Crippen molar-refractivity contribution in [3.8, 4) is 0 Å². The van der Waals surface area contributed by atoms with E-state index in [1.165, 1.54) is 0 Å². The third kappa shape index (κ3) is 10.3. The molecule has 0 unspecified atom stereocenters. The molecule has 66 valence electrons. The monoisotopic (exact) mass is 338 g/mol. The van der Waals surface area contributed by atoms with Crippen LogP contribution in [0, 0.1) is 0 Å². The molecule has 0 aromatic carbocycles. The first kappa shape index (κ1) is 18.1. The molecule has 0 aromatic heterocycles. The summed E-state index contributed by atoms with van der Waals surface area (Å²) in [6.45, 7) is 0. The Morgan fingerprint density at radius 1 is 1.33 bits per heavy atom.